The second kappa shape index (κ2) is 9.91. The lowest BCUT2D eigenvalue weighted by Crippen LogP contribution is -2.32. The number of aromatic nitrogens is 3. The van der Waals surface area contributed by atoms with Gasteiger partial charge in [-0.2, -0.15) is 0 Å². The maximum atomic E-state index is 13.1. The number of carbonyl (C=O) groups excluding carboxylic acids is 1. The number of carbonyl (C=O) groups is 1. The van der Waals surface area contributed by atoms with E-state index in [4.69, 9.17) is 4.98 Å². The molecule has 0 aliphatic heterocycles. The predicted molar refractivity (Wildman–Crippen MR) is 125 cm³/mol. The van der Waals surface area contributed by atoms with Gasteiger partial charge in [-0.15, -0.1) is 11.8 Å². The summed E-state index contributed by atoms with van der Waals surface area (Å²) >= 11 is 3.30. The minimum atomic E-state index is 0.124. The number of imidazole rings is 1. The van der Waals surface area contributed by atoms with Crippen LogP contribution < -0.4 is 4.90 Å². The van der Waals surface area contributed by atoms with Gasteiger partial charge in [0.15, 0.2) is 5.13 Å². The number of hydrogen-bond acceptors (Lipinski definition) is 5. The molecule has 4 rings (SSSR count). The van der Waals surface area contributed by atoms with Crippen molar-refractivity contribution in [2.45, 2.75) is 31.2 Å². The van der Waals surface area contributed by atoms with Crippen LogP contribution in [-0.2, 0) is 11.3 Å². The van der Waals surface area contributed by atoms with Gasteiger partial charge in [0.2, 0.25) is 5.91 Å². The van der Waals surface area contributed by atoms with E-state index in [0.29, 0.717) is 13.0 Å². The molecule has 0 N–H and O–H groups in total. The van der Waals surface area contributed by atoms with Crippen molar-refractivity contribution in [3.8, 4) is 0 Å². The van der Waals surface area contributed by atoms with Gasteiger partial charge < -0.3 is 4.57 Å². The third kappa shape index (κ3) is 5.29. The lowest BCUT2D eigenvalue weighted by atomic mass is 10.2. The molecule has 2 heterocycles. The summed E-state index contributed by atoms with van der Waals surface area (Å²) in [6.45, 7) is 3.55. The Bertz CT molecular complexity index is 1060. The van der Waals surface area contributed by atoms with Crippen LogP contribution in [0.25, 0.3) is 10.2 Å². The molecule has 0 saturated carbocycles. The van der Waals surface area contributed by atoms with Gasteiger partial charge in [-0.25, -0.2) is 9.97 Å². The van der Waals surface area contributed by atoms with Gasteiger partial charge in [-0.1, -0.05) is 41.2 Å². The summed E-state index contributed by atoms with van der Waals surface area (Å²) in [5.41, 5.74) is 2.19. The molecule has 5 nitrogen and oxygen atoms in total. The van der Waals surface area contributed by atoms with E-state index in [1.54, 1.807) is 29.3 Å². The minimum Gasteiger partial charge on any atom is -0.337 e. The number of aryl methyl sites for hydroxylation is 2. The van der Waals surface area contributed by atoms with Crippen LogP contribution in [0.5, 0.6) is 0 Å². The Hall–Kier alpha value is -2.64. The minimum absolute atomic E-state index is 0.124. The number of hydrogen-bond donors (Lipinski definition) is 0. The highest BCUT2D eigenvalue weighted by Gasteiger charge is 2.19. The maximum Gasteiger partial charge on any atom is 0.229 e. The molecule has 30 heavy (non-hydrogen) atoms. The van der Waals surface area contributed by atoms with Crippen LogP contribution in [0.4, 0.5) is 5.13 Å². The van der Waals surface area contributed by atoms with Crippen molar-refractivity contribution in [1.29, 1.82) is 0 Å². The van der Waals surface area contributed by atoms with Crippen molar-refractivity contribution in [3.05, 3.63) is 72.8 Å². The predicted octanol–water partition coefficient (Wildman–Crippen LogP) is 5.41. The van der Waals surface area contributed by atoms with E-state index in [1.807, 2.05) is 40.2 Å². The number of rotatable bonds is 9. The molecule has 0 fully saturated rings. The van der Waals surface area contributed by atoms with E-state index >= 15 is 0 Å². The largest absolute Gasteiger partial charge is 0.337 e. The van der Waals surface area contributed by atoms with E-state index in [-0.39, 0.29) is 5.91 Å². The Labute approximate surface area is 184 Å². The molecular weight excluding hydrogens is 412 g/mol. The first kappa shape index (κ1) is 20.6. The van der Waals surface area contributed by atoms with Crippen LogP contribution in [0.3, 0.4) is 0 Å². The van der Waals surface area contributed by atoms with E-state index in [9.17, 15) is 4.79 Å². The smallest absolute Gasteiger partial charge is 0.229 e. The zero-order valence-corrected chi connectivity index (χ0v) is 18.5. The summed E-state index contributed by atoms with van der Waals surface area (Å²) in [7, 11) is 0. The number of nitrogens with zero attached hydrogens (tertiary/aromatic N) is 4. The Morgan fingerprint density at radius 2 is 2.00 bits per heavy atom. The van der Waals surface area contributed by atoms with Crippen molar-refractivity contribution >= 4 is 44.4 Å². The number of amides is 1. The van der Waals surface area contributed by atoms with Crippen molar-refractivity contribution in [1.82, 2.24) is 14.5 Å². The molecule has 0 radical (unpaired) electrons. The Morgan fingerprint density at radius 1 is 1.17 bits per heavy atom. The van der Waals surface area contributed by atoms with Crippen molar-refractivity contribution < 1.29 is 4.79 Å². The maximum absolute atomic E-state index is 13.1. The number of thioether (sulfide) groups is 1. The summed E-state index contributed by atoms with van der Waals surface area (Å²) in [6.07, 6.45) is 6.87. The summed E-state index contributed by atoms with van der Waals surface area (Å²) in [6, 6.07) is 16.5. The molecule has 0 aliphatic rings. The number of fused-ring (bicyclic) bond motifs is 1. The van der Waals surface area contributed by atoms with Gasteiger partial charge in [0.05, 0.1) is 16.5 Å². The summed E-state index contributed by atoms with van der Waals surface area (Å²) in [4.78, 5) is 25.0. The number of thiazole rings is 1. The van der Waals surface area contributed by atoms with Gasteiger partial charge in [0.1, 0.15) is 0 Å². The normalized spacial score (nSPS) is 11.1. The fourth-order valence-electron chi connectivity index (χ4n) is 3.16. The molecule has 0 atom stereocenters. The van der Waals surface area contributed by atoms with Gasteiger partial charge in [-0.3, -0.25) is 9.69 Å². The fraction of sp³-hybridized carbons (Fsp3) is 0.261. The average molecular weight is 437 g/mol. The molecule has 4 aromatic rings. The van der Waals surface area contributed by atoms with E-state index in [0.717, 1.165) is 34.1 Å². The van der Waals surface area contributed by atoms with Gasteiger partial charge in [-0.05, 0) is 37.6 Å². The molecule has 0 bridgehead atoms. The first-order valence-corrected chi connectivity index (χ1v) is 11.8. The standard InChI is InChI=1S/C23H24N4OS2/c1-18-7-9-19(10-8-18)29-16-11-22(28)27(14-4-13-26-15-12-24-17-26)23-25-20-5-2-3-6-21(20)30-23/h2-3,5-10,12,15,17H,4,11,13-14,16H2,1H3. The average Bonchev–Trinajstić information content (AvgIpc) is 3.42. The first-order valence-electron chi connectivity index (χ1n) is 10.0. The van der Waals surface area contributed by atoms with Gasteiger partial charge >= 0.3 is 0 Å². The van der Waals surface area contributed by atoms with E-state index in [1.165, 1.54) is 10.5 Å². The van der Waals surface area contributed by atoms with E-state index in [2.05, 4.69) is 42.2 Å². The molecule has 0 saturated heterocycles. The molecule has 0 unspecified atom stereocenters. The number of para-hydroxylation sites is 1. The monoisotopic (exact) mass is 436 g/mol. The highest BCUT2D eigenvalue weighted by atomic mass is 32.2. The van der Waals surface area contributed by atoms with Crippen LogP contribution in [0, 0.1) is 6.92 Å². The van der Waals surface area contributed by atoms with Crippen LogP contribution in [0.1, 0.15) is 18.4 Å². The zero-order valence-electron chi connectivity index (χ0n) is 16.9. The van der Waals surface area contributed by atoms with E-state index < -0.39 is 0 Å². The second-order valence-corrected chi connectivity index (χ2v) is 9.25. The number of benzene rings is 2. The SMILES string of the molecule is Cc1ccc(SCCC(=O)N(CCCn2ccnc2)c2nc3ccccc3s2)cc1. The highest BCUT2D eigenvalue weighted by Crippen LogP contribution is 2.29. The molecule has 154 valence electrons. The lowest BCUT2D eigenvalue weighted by Gasteiger charge is -2.20. The molecule has 7 heteroatoms. The third-order valence-corrected chi connectivity index (χ3v) is 6.85. The van der Waals surface area contributed by atoms with Gasteiger partial charge in [0, 0.05) is 42.6 Å². The molecule has 0 spiro atoms. The topological polar surface area (TPSA) is 51.0 Å². The fourth-order valence-corrected chi connectivity index (χ4v) is 5.01. The number of anilines is 1. The van der Waals surface area contributed by atoms with Crippen LogP contribution in [0.2, 0.25) is 0 Å². The highest BCUT2D eigenvalue weighted by molar-refractivity contribution is 7.99. The third-order valence-electron chi connectivity index (χ3n) is 4.78. The summed E-state index contributed by atoms with van der Waals surface area (Å²) in [5, 5.41) is 0.784. The van der Waals surface area contributed by atoms with Crippen LogP contribution >= 0.6 is 23.1 Å². The van der Waals surface area contributed by atoms with Crippen molar-refractivity contribution in [2.75, 3.05) is 17.2 Å². The van der Waals surface area contributed by atoms with Gasteiger partial charge in [0.25, 0.3) is 0 Å². The second-order valence-electron chi connectivity index (χ2n) is 7.08. The Balaban J connectivity index is 1.42. The van der Waals surface area contributed by atoms with Crippen molar-refractivity contribution in [2.24, 2.45) is 0 Å². The zero-order chi connectivity index (χ0) is 20.8. The van der Waals surface area contributed by atoms with Crippen LogP contribution in [-0.4, -0.2) is 32.7 Å². The molecule has 1 amide bonds. The molecule has 0 aliphatic carbocycles. The summed E-state index contributed by atoms with van der Waals surface area (Å²) < 4.78 is 3.14. The van der Waals surface area contributed by atoms with Crippen molar-refractivity contribution in [3.63, 3.8) is 0 Å². The molecular formula is C23H24N4OS2. The Kier molecular flexibility index (Phi) is 6.81. The molecule has 2 aromatic carbocycles. The molecule has 2 aromatic heterocycles. The quantitative estimate of drug-likeness (QED) is 0.329. The summed E-state index contributed by atoms with van der Waals surface area (Å²) in [5.74, 6) is 0.879. The Morgan fingerprint density at radius 3 is 2.77 bits per heavy atom. The lowest BCUT2D eigenvalue weighted by molar-refractivity contribution is -0.118. The first-order chi connectivity index (χ1) is 14.7. The van der Waals surface area contributed by atoms with Crippen LogP contribution in [0.15, 0.2) is 72.1 Å².